The van der Waals surface area contributed by atoms with Crippen molar-refractivity contribution in [2.45, 2.75) is 11.8 Å². The van der Waals surface area contributed by atoms with E-state index in [9.17, 15) is 0 Å². The Morgan fingerprint density at radius 1 is 0.611 bits per heavy atom. The van der Waals surface area contributed by atoms with Crippen LogP contribution in [-0.2, 0) is 0 Å². The Morgan fingerprint density at radius 3 is 1.33 bits per heavy atom. The molecule has 0 saturated carbocycles. The lowest BCUT2D eigenvalue weighted by atomic mass is 10.1. The second-order valence-corrected chi connectivity index (χ2v) is 4.62. The van der Waals surface area contributed by atoms with E-state index in [2.05, 4.69) is 61.2 Å². The molecule has 90 valence electrons. The van der Waals surface area contributed by atoms with E-state index >= 15 is 0 Å². The van der Waals surface area contributed by atoms with E-state index in [4.69, 9.17) is 0 Å². The predicted molar refractivity (Wildman–Crippen MR) is 82.4 cm³/mol. The van der Waals surface area contributed by atoms with Crippen molar-refractivity contribution in [2.24, 2.45) is 0 Å². The molecular weight excluding hydrogens is 236 g/mol. The van der Waals surface area contributed by atoms with Crippen LogP contribution in [0, 0.1) is 6.92 Å². The number of hydrogen-bond acceptors (Lipinski definition) is 1. The van der Waals surface area contributed by atoms with E-state index in [1.165, 1.54) is 16.3 Å². The molecule has 0 radical (unpaired) electrons. The number of thiol groups is 1. The van der Waals surface area contributed by atoms with Crippen molar-refractivity contribution in [2.75, 3.05) is 0 Å². The van der Waals surface area contributed by atoms with Gasteiger partial charge >= 0.3 is 0 Å². The maximum Gasteiger partial charge on any atom is 0.00692 e. The molecule has 0 N–H and O–H groups in total. The molecule has 0 aromatic heterocycles. The average Bonchev–Trinajstić information content (AvgIpc) is 2.43. The zero-order chi connectivity index (χ0) is 12.8. The Labute approximate surface area is 114 Å². The van der Waals surface area contributed by atoms with Gasteiger partial charge in [0.1, 0.15) is 0 Å². The zero-order valence-corrected chi connectivity index (χ0v) is 11.3. The van der Waals surface area contributed by atoms with Gasteiger partial charge in [0.15, 0.2) is 0 Å². The first-order valence-electron chi connectivity index (χ1n) is 5.96. The van der Waals surface area contributed by atoms with Gasteiger partial charge in [0.2, 0.25) is 0 Å². The van der Waals surface area contributed by atoms with Gasteiger partial charge in [-0.3, -0.25) is 0 Å². The van der Waals surface area contributed by atoms with Crippen molar-refractivity contribution in [3.63, 3.8) is 0 Å². The Balaban J connectivity index is 0.000000138. The van der Waals surface area contributed by atoms with Crippen molar-refractivity contribution in [3.8, 4) is 0 Å². The van der Waals surface area contributed by atoms with Crippen LogP contribution < -0.4 is 0 Å². The highest BCUT2D eigenvalue weighted by molar-refractivity contribution is 7.80. The van der Waals surface area contributed by atoms with Gasteiger partial charge < -0.3 is 0 Å². The molecule has 0 aliphatic rings. The van der Waals surface area contributed by atoms with Gasteiger partial charge in [-0.1, -0.05) is 66.7 Å². The number of rotatable bonds is 0. The maximum absolute atomic E-state index is 4.20. The topological polar surface area (TPSA) is 0 Å². The maximum atomic E-state index is 4.20. The third-order valence-corrected chi connectivity index (χ3v) is 3.28. The van der Waals surface area contributed by atoms with Gasteiger partial charge in [-0.25, -0.2) is 0 Å². The largest absolute Gasteiger partial charge is 0.143 e. The molecule has 0 atom stereocenters. The molecule has 3 aromatic carbocycles. The summed E-state index contributed by atoms with van der Waals surface area (Å²) in [5.74, 6) is 0. The zero-order valence-electron chi connectivity index (χ0n) is 10.4. The minimum atomic E-state index is 1.06. The van der Waals surface area contributed by atoms with Crippen LogP contribution >= 0.6 is 12.6 Å². The van der Waals surface area contributed by atoms with Gasteiger partial charge in [0, 0.05) is 4.90 Å². The minimum absolute atomic E-state index is 1.06. The van der Waals surface area contributed by atoms with Gasteiger partial charge in [-0.15, -0.1) is 12.6 Å². The normalized spacial score (nSPS) is 9.67. The van der Waals surface area contributed by atoms with Crippen LogP contribution in [0.2, 0.25) is 0 Å². The van der Waals surface area contributed by atoms with E-state index in [1.54, 1.807) is 0 Å². The van der Waals surface area contributed by atoms with E-state index in [0.29, 0.717) is 0 Å². The molecule has 0 bridgehead atoms. The lowest BCUT2D eigenvalue weighted by molar-refractivity contribution is 1.31. The average molecular weight is 252 g/mol. The molecule has 0 nitrogen and oxygen atoms in total. The van der Waals surface area contributed by atoms with Gasteiger partial charge in [0.05, 0.1) is 0 Å². The molecule has 0 fully saturated rings. The molecule has 0 heterocycles. The molecular formula is C17H16S. The van der Waals surface area contributed by atoms with Crippen LogP contribution in [0.5, 0.6) is 0 Å². The first-order chi connectivity index (χ1) is 8.77. The Bertz CT molecular complexity index is 543. The van der Waals surface area contributed by atoms with Gasteiger partial charge in [0.25, 0.3) is 0 Å². The van der Waals surface area contributed by atoms with Crippen molar-refractivity contribution in [1.82, 2.24) is 0 Å². The van der Waals surface area contributed by atoms with Gasteiger partial charge in [-0.2, -0.15) is 0 Å². The van der Waals surface area contributed by atoms with E-state index in [1.807, 2.05) is 31.2 Å². The summed E-state index contributed by atoms with van der Waals surface area (Å²) in [6.07, 6.45) is 0. The molecule has 0 amide bonds. The Kier molecular flexibility index (Phi) is 4.43. The first kappa shape index (κ1) is 12.7. The van der Waals surface area contributed by atoms with Crippen LogP contribution in [0.3, 0.4) is 0 Å². The van der Waals surface area contributed by atoms with Crippen molar-refractivity contribution in [3.05, 3.63) is 78.4 Å². The summed E-state index contributed by atoms with van der Waals surface area (Å²) < 4.78 is 0. The smallest absolute Gasteiger partial charge is 0.00692 e. The molecule has 1 heteroatoms. The van der Waals surface area contributed by atoms with Crippen LogP contribution in [0.15, 0.2) is 77.7 Å². The summed E-state index contributed by atoms with van der Waals surface area (Å²) in [6, 6.07) is 24.7. The van der Waals surface area contributed by atoms with Crippen LogP contribution in [0.1, 0.15) is 5.56 Å². The molecule has 0 unspecified atom stereocenters. The highest BCUT2D eigenvalue weighted by Gasteiger charge is 1.85. The second-order valence-electron chi connectivity index (χ2n) is 4.13. The summed E-state index contributed by atoms with van der Waals surface area (Å²) in [7, 11) is 0. The molecule has 0 aliphatic heterocycles. The standard InChI is InChI=1S/C10H8.C7H8S/c1-2-6-10-8-4-3-7-9(10)5-1;1-6-4-2-3-5-7(6)8/h1-8H;2-5,8H,1H3. The van der Waals surface area contributed by atoms with Crippen molar-refractivity contribution >= 4 is 23.4 Å². The second kappa shape index (κ2) is 6.27. The highest BCUT2D eigenvalue weighted by Crippen LogP contribution is 2.11. The molecule has 3 aromatic rings. The molecule has 18 heavy (non-hydrogen) atoms. The fourth-order valence-electron chi connectivity index (χ4n) is 1.70. The van der Waals surface area contributed by atoms with Crippen LogP contribution in [0.4, 0.5) is 0 Å². The van der Waals surface area contributed by atoms with E-state index in [0.717, 1.165) is 4.90 Å². The van der Waals surface area contributed by atoms with E-state index < -0.39 is 0 Å². The number of aryl methyl sites for hydroxylation is 1. The molecule has 3 rings (SSSR count). The Hall–Kier alpha value is -1.73. The SMILES string of the molecule is Cc1ccccc1S.c1ccc2ccccc2c1. The van der Waals surface area contributed by atoms with Crippen LogP contribution in [0.25, 0.3) is 10.8 Å². The fourth-order valence-corrected chi connectivity index (χ4v) is 1.86. The van der Waals surface area contributed by atoms with Gasteiger partial charge in [-0.05, 0) is 29.3 Å². The number of fused-ring (bicyclic) bond motifs is 1. The van der Waals surface area contributed by atoms with Crippen molar-refractivity contribution < 1.29 is 0 Å². The quantitative estimate of drug-likeness (QED) is 0.527. The number of benzene rings is 3. The minimum Gasteiger partial charge on any atom is -0.143 e. The summed E-state index contributed by atoms with van der Waals surface area (Å²) >= 11 is 4.20. The lowest BCUT2D eigenvalue weighted by Crippen LogP contribution is -1.70. The summed E-state index contributed by atoms with van der Waals surface area (Å²) in [5.41, 5.74) is 1.23. The van der Waals surface area contributed by atoms with Crippen molar-refractivity contribution in [1.29, 1.82) is 0 Å². The predicted octanol–water partition coefficient (Wildman–Crippen LogP) is 5.12. The number of hydrogen-bond donors (Lipinski definition) is 1. The van der Waals surface area contributed by atoms with Crippen LogP contribution in [-0.4, -0.2) is 0 Å². The first-order valence-corrected chi connectivity index (χ1v) is 6.40. The summed E-state index contributed by atoms with van der Waals surface area (Å²) in [5, 5.41) is 2.62. The lowest BCUT2D eigenvalue weighted by Gasteiger charge is -1.92. The third kappa shape index (κ3) is 3.38. The Morgan fingerprint density at radius 2 is 1.00 bits per heavy atom. The monoisotopic (exact) mass is 252 g/mol. The fraction of sp³-hybridized carbons (Fsp3) is 0.0588. The molecule has 0 saturated heterocycles. The molecule has 0 spiro atoms. The van der Waals surface area contributed by atoms with E-state index in [-0.39, 0.29) is 0 Å². The summed E-state index contributed by atoms with van der Waals surface area (Å²) in [4.78, 5) is 1.06. The third-order valence-electron chi connectivity index (χ3n) is 2.77. The molecule has 0 aliphatic carbocycles. The summed E-state index contributed by atoms with van der Waals surface area (Å²) in [6.45, 7) is 2.04. The highest BCUT2D eigenvalue weighted by atomic mass is 32.1.